The van der Waals surface area contributed by atoms with Gasteiger partial charge in [0.2, 0.25) is 29.5 Å². The molecule has 9 heteroatoms. The van der Waals surface area contributed by atoms with Crippen LogP contribution in [0.4, 0.5) is 5.69 Å². The van der Waals surface area contributed by atoms with Crippen LogP contribution in [0.25, 0.3) is 11.5 Å². The second-order valence-corrected chi connectivity index (χ2v) is 8.23. The van der Waals surface area contributed by atoms with Crippen LogP contribution in [0.5, 0.6) is 0 Å². The van der Waals surface area contributed by atoms with E-state index in [0.717, 1.165) is 11.1 Å². The first-order chi connectivity index (χ1) is 15.0. The number of anilines is 1. The normalized spacial score (nSPS) is 18.6. The van der Waals surface area contributed by atoms with Gasteiger partial charge in [-0.3, -0.25) is 19.7 Å². The molecule has 0 radical (unpaired) electrons. The number of carbonyl (C=O) groups excluding carboxylic acids is 3. The number of benzene rings is 1. The maximum Gasteiger partial charge on any atom is 0.248 e. The van der Waals surface area contributed by atoms with E-state index in [1.54, 1.807) is 23.5 Å². The van der Waals surface area contributed by atoms with Gasteiger partial charge in [-0.2, -0.15) is 11.3 Å². The molecule has 1 fully saturated rings. The van der Waals surface area contributed by atoms with E-state index in [0.29, 0.717) is 43.2 Å². The highest BCUT2D eigenvalue weighted by Crippen LogP contribution is 2.36. The summed E-state index contributed by atoms with van der Waals surface area (Å²) < 4.78 is 5.60. The SMILES string of the molecule is CCC1(c2ccc(NC(=O)CCc3nnc(-c4ccsc4)o3)cc2)CCC(=O)NC1=O. The highest BCUT2D eigenvalue weighted by molar-refractivity contribution is 7.08. The van der Waals surface area contributed by atoms with Crippen molar-refractivity contribution in [2.24, 2.45) is 0 Å². The highest BCUT2D eigenvalue weighted by Gasteiger charge is 2.42. The van der Waals surface area contributed by atoms with E-state index in [2.05, 4.69) is 20.8 Å². The second kappa shape index (κ2) is 8.81. The van der Waals surface area contributed by atoms with Crippen LogP contribution in [0.1, 0.15) is 44.1 Å². The fraction of sp³-hybridized carbons (Fsp3) is 0.318. The summed E-state index contributed by atoms with van der Waals surface area (Å²) in [4.78, 5) is 36.3. The number of hydrogen-bond donors (Lipinski definition) is 2. The average Bonchev–Trinajstić information content (AvgIpc) is 3.45. The Labute approximate surface area is 183 Å². The number of nitrogens with one attached hydrogen (secondary N) is 2. The third-order valence-electron chi connectivity index (χ3n) is 5.59. The molecular weight excluding hydrogens is 416 g/mol. The van der Waals surface area contributed by atoms with Crippen LogP contribution in [-0.4, -0.2) is 27.9 Å². The minimum absolute atomic E-state index is 0.172. The molecule has 1 atom stereocenters. The van der Waals surface area contributed by atoms with Crippen molar-refractivity contribution in [1.82, 2.24) is 15.5 Å². The number of aryl methyl sites for hydroxylation is 1. The lowest BCUT2D eigenvalue weighted by molar-refractivity contribution is -0.138. The summed E-state index contributed by atoms with van der Waals surface area (Å²) in [5.74, 6) is 0.195. The lowest BCUT2D eigenvalue weighted by Crippen LogP contribution is -2.51. The first-order valence-corrected chi connectivity index (χ1v) is 11.0. The van der Waals surface area contributed by atoms with Gasteiger partial charge < -0.3 is 9.73 Å². The van der Waals surface area contributed by atoms with Gasteiger partial charge in [0.15, 0.2) is 0 Å². The van der Waals surface area contributed by atoms with Crippen LogP contribution in [0.2, 0.25) is 0 Å². The lowest BCUT2D eigenvalue weighted by atomic mass is 9.72. The first kappa shape index (κ1) is 20.9. The Balaban J connectivity index is 1.35. The molecule has 1 aromatic carbocycles. The Bertz CT molecular complexity index is 1090. The maximum absolute atomic E-state index is 12.5. The van der Waals surface area contributed by atoms with Gasteiger partial charge in [-0.05, 0) is 42.0 Å². The summed E-state index contributed by atoms with van der Waals surface area (Å²) >= 11 is 1.55. The summed E-state index contributed by atoms with van der Waals surface area (Å²) in [6.45, 7) is 1.94. The largest absolute Gasteiger partial charge is 0.421 e. The molecule has 3 heterocycles. The average molecular weight is 439 g/mol. The summed E-state index contributed by atoms with van der Waals surface area (Å²) in [6, 6.07) is 9.11. The van der Waals surface area contributed by atoms with Crippen LogP contribution < -0.4 is 10.6 Å². The number of amides is 3. The zero-order valence-corrected chi connectivity index (χ0v) is 17.8. The van der Waals surface area contributed by atoms with Gasteiger partial charge in [-0.25, -0.2) is 0 Å². The van der Waals surface area contributed by atoms with E-state index < -0.39 is 5.41 Å². The van der Waals surface area contributed by atoms with Gasteiger partial charge in [0.1, 0.15) is 0 Å². The topological polar surface area (TPSA) is 114 Å². The van der Waals surface area contributed by atoms with E-state index in [9.17, 15) is 14.4 Å². The molecule has 0 spiro atoms. The predicted molar refractivity (Wildman–Crippen MR) is 115 cm³/mol. The Kier molecular flexibility index (Phi) is 5.94. The van der Waals surface area contributed by atoms with E-state index in [4.69, 9.17) is 4.42 Å². The van der Waals surface area contributed by atoms with Crippen LogP contribution in [0.15, 0.2) is 45.5 Å². The van der Waals surface area contributed by atoms with Crippen molar-refractivity contribution < 1.29 is 18.8 Å². The number of nitrogens with zero attached hydrogens (tertiary/aromatic N) is 2. The molecule has 2 N–H and O–H groups in total. The van der Waals surface area contributed by atoms with Crippen molar-refractivity contribution in [1.29, 1.82) is 0 Å². The Morgan fingerprint density at radius 1 is 1.23 bits per heavy atom. The molecule has 1 unspecified atom stereocenters. The zero-order chi connectivity index (χ0) is 21.8. The van der Waals surface area contributed by atoms with Crippen molar-refractivity contribution >= 4 is 34.7 Å². The number of rotatable bonds is 7. The fourth-order valence-electron chi connectivity index (χ4n) is 3.74. The van der Waals surface area contributed by atoms with E-state index in [1.165, 1.54) is 0 Å². The number of aromatic nitrogens is 2. The minimum atomic E-state index is -0.714. The monoisotopic (exact) mass is 438 g/mol. The number of thiophene rings is 1. The second-order valence-electron chi connectivity index (χ2n) is 7.45. The van der Waals surface area contributed by atoms with Gasteiger partial charge in [0.25, 0.3) is 0 Å². The lowest BCUT2D eigenvalue weighted by Gasteiger charge is -2.35. The third-order valence-corrected chi connectivity index (χ3v) is 6.28. The minimum Gasteiger partial charge on any atom is -0.421 e. The number of carbonyl (C=O) groups is 3. The van der Waals surface area contributed by atoms with Crippen molar-refractivity contribution in [3.63, 3.8) is 0 Å². The molecule has 160 valence electrons. The molecule has 4 rings (SSSR count). The highest BCUT2D eigenvalue weighted by atomic mass is 32.1. The summed E-state index contributed by atoms with van der Waals surface area (Å²) in [5.41, 5.74) is 1.63. The molecule has 1 aliphatic heterocycles. The van der Waals surface area contributed by atoms with Gasteiger partial charge in [-0.15, -0.1) is 10.2 Å². The van der Waals surface area contributed by atoms with Crippen LogP contribution in [0, 0.1) is 0 Å². The summed E-state index contributed by atoms with van der Waals surface area (Å²) in [7, 11) is 0. The van der Waals surface area contributed by atoms with E-state index >= 15 is 0 Å². The quantitative estimate of drug-likeness (QED) is 0.546. The van der Waals surface area contributed by atoms with E-state index in [-0.39, 0.29) is 24.1 Å². The molecule has 0 aliphatic carbocycles. The smallest absolute Gasteiger partial charge is 0.248 e. The summed E-state index contributed by atoms with van der Waals surface area (Å²) in [5, 5.41) is 17.1. The van der Waals surface area contributed by atoms with Crippen molar-refractivity contribution in [2.75, 3.05) is 5.32 Å². The molecular formula is C22H22N4O4S. The van der Waals surface area contributed by atoms with Gasteiger partial charge in [0.05, 0.1) is 5.41 Å². The van der Waals surface area contributed by atoms with Crippen molar-refractivity contribution in [3.05, 3.63) is 52.5 Å². The molecule has 0 bridgehead atoms. The summed E-state index contributed by atoms with van der Waals surface area (Å²) in [6.07, 6.45) is 1.94. The Morgan fingerprint density at radius 3 is 2.71 bits per heavy atom. The standard InChI is InChI=1S/C22H22N4O4S/c1-2-22(11-9-18(28)24-21(22)29)15-3-5-16(6-4-15)23-17(27)7-8-19-25-26-20(30-19)14-10-12-31-13-14/h3-6,10,12-13H,2,7-9,11H2,1H3,(H,23,27)(H,24,28,29). The molecule has 3 aromatic rings. The molecule has 2 aromatic heterocycles. The zero-order valence-electron chi connectivity index (χ0n) is 17.0. The molecule has 1 aliphatic rings. The van der Waals surface area contributed by atoms with Crippen LogP contribution in [-0.2, 0) is 26.2 Å². The first-order valence-electron chi connectivity index (χ1n) is 10.1. The van der Waals surface area contributed by atoms with Crippen LogP contribution in [0.3, 0.4) is 0 Å². The van der Waals surface area contributed by atoms with Crippen LogP contribution >= 0.6 is 11.3 Å². The molecule has 0 saturated carbocycles. The molecule has 3 amide bonds. The molecule has 31 heavy (non-hydrogen) atoms. The number of imide groups is 1. The molecule has 1 saturated heterocycles. The predicted octanol–water partition coefficient (Wildman–Crippen LogP) is 3.45. The third kappa shape index (κ3) is 4.41. The van der Waals surface area contributed by atoms with Crippen molar-refractivity contribution in [3.8, 4) is 11.5 Å². The van der Waals surface area contributed by atoms with Gasteiger partial charge in [-0.1, -0.05) is 19.1 Å². The Hall–Kier alpha value is -3.33. The number of hydrogen-bond acceptors (Lipinski definition) is 7. The molecule has 8 nitrogen and oxygen atoms in total. The van der Waals surface area contributed by atoms with Gasteiger partial charge >= 0.3 is 0 Å². The van der Waals surface area contributed by atoms with Crippen molar-refractivity contribution in [2.45, 2.75) is 44.4 Å². The number of piperidine rings is 1. The van der Waals surface area contributed by atoms with Gasteiger partial charge in [0, 0.05) is 35.9 Å². The van der Waals surface area contributed by atoms with E-state index in [1.807, 2.05) is 35.9 Å². The maximum atomic E-state index is 12.5. The Morgan fingerprint density at radius 2 is 2.03 bits per heavy atom. The fourth-order valence-corrected chi connectivity index (χ4v) is 4.37.